The van der Waals surface area contributed by atoms with Gasteiger partial charge in [0.1, 0.15) is 23.2 Å². The summed E-state index contributed by atoms with van der Waals surface area (Å²) in [6.07, 6.45) is -0.453. The lowest BCUT2D eigenvalue weighted by atomic mass is 9.82. The molecule has 2 aliphatic rings. The highest BCUT2D eigenvalue weighted by molar-refractivity contribution is 6.16. The van der Waals surface area contributed by atoms with Gasteiger partial charge in [-0.1, -0.05) is 166 Å². The third kappa shape index (κ3) is 5.38. The number of para-hydroxylation sites is 3. The van der Waals surface area contributed by atoms with Gasteiger partial charge in [-0.25, -0.2) is 9.98 Å². The van der Waals surface area contributed by atoms with E-state index in [0.29, 0.717) is 11.2 Å². The molecule has 12 rings (SSSR count). The summed E-state index contributed by atoms with van der Waals surface area (Å²) in [5.41, 5.74) is 13.2. The minimum Gasteiger partial charge on any atom is -0.455 e. The highest BCUT2D eigenvalue weighted by Crippen LogP contribution is 2.50. The van der Waals surface area contributed by atoms with E-state index < -0.39 is 6.17 Å². The lowest BCUT2D eigenvalue weighted by Gasteiger charge is -2.25. The smallest absolute Gasteiger partial charge is 0.263 e. The molecule has 0 bridgehead atoms. The van der Waals surface area contributed by atoms with Crippen LogP contribution in [0, 0.1) is 0 Å². The molecule has 3 heterocycles. The van der Waals surface area contributed by atoms with Crippen molar-refractivity contribution in [1.82, 2.24) is 9.88 Å². The van der Waals surface area contributed by atoms with Crippen molar-refractivity contribution >= 4 is 55.3 Å². The maximum Gasteiger partial charge on any atom is 0.263 e. The van der Waals surface area contributed by atoms with Gasteiger partial charge in [0.05, 0.1) is 5.52 Å². The van der Waals surface area contributed by atoms with Gasteiger partial charge in [0.2, 0.25) is 0 Å². The van der Waals surface area contributed by atoms with E-state index in [2.05, 4.69) is 128 Å². The molecule has 1 unspecified atom stereocenters. The van der Waals surface area contributed by atoms with Crippen LogP contribution >= 0.6 is 0 Å². The second kappa shape index (κ2) is 13.3. The predicted octanol–water partition coefficient (Wildman–Crippen LogP) is 12.5. The van der Waals surface area contributed by atoms with Crippen molar-refractivity contribution in [2.45, 2.75) is 25.4 Å². The Morgan fingerprint density at radius 2 is 1.18 bits per heavy atom. The molecule has 0 radical (unpaired) electrons. The number of amidine groups is 2. The molecular weight excluding hydrogens is 749 g/mol. The van der Waals surface area contributed by atoms with E-state index in [-0.39, 0.29) is 11.0 Å². The van der Waals surface area contributed by atoms with Crippen molar-refractivity contribution in [2.75, 3.05) is 0 Å². The number of benzene rings is 8. The van der Waals surface area contributed by atoms with Gasteiger partial charge < -0.3 is 9.73 Å². The number of hydrogen-bond acceptors (Lipinski definition) is 5. The summed E-state index contributed by atoms with van der Waals surface area (Å²) in [5, 5.41) is 8.58. The Kier molecular flexibility index (Phi) is 7.69. The minimum absolute atomic E-state index is 0.0475. The molecule has 2 aromatic heterocycles. The number of rotatable bonds is 5. The molecular formula is C55H38N4O2. The number of nitrogens with zero attached hydrogens (tertiary/aromatic N) is 3. The Morgan fingerprint density at radius 1 is 0.557 bits per heavy atom. The number of aromatic nitrogens is 1. The Bertz CT molecular complexity index is 3550. The van der Waals surface area contributed by atoms with Crippen LogP contribution in [0.4, 0.5) is 0 Å². The van der Waals surface area contributed by atoms with Crippen LogP contribution in [0.2, 0.25) is 0 Å². The van der Waals surface area contributed by atoms with Gasteiger partial charge >= 0.3 is 0 Å². The lowest BCUT2D eigenvalue weighted by Crippen LogP contribution is -2.33. The summed E-state index contributed by atoms with van der Waals surface area (Å²) in [5.74, 6) is 1.40. The van der Waals surface area contributed by atoms with Crippen LogP contribution in [0.15, 0.2) is 201 Å². The molecule has 6 heteroatoms. The summed E-state index contributed by atoms with van der Waals surface area (Å²) in [4.78, 5) is 24.8. The quantitative estimate of drug-likeness (QED) is 0.177. The summed E-state index contributed by atoms with van der Waals surface area (Å²) >= 11 is 0. The molecule has 8 aromatic carbocycles. The van der Waals surface area contributed by atoms with Crippen molar-refractivity contribution in [2.24, 2.45) is 9.98 Å². The van der Waals surface area contributed by atoms with Crippen molar-refractivity contribution in [1.29, 1.82) is 0 Å². The van der Waals surface area contributed by atoms with E-state index in [0.717, 1.165) is 77.6 Å². The van der Waals surface area contributed by atoms with Crippen molar-refractivity contribution in [3.63, 3.8) is 0 Å². The molecule has 0 fully saturated rings. The molecule has 61 heavy (non-hydrogen) atoms. The Balaban J connectivity index is 0.974. The second-order valence-corrected chi connectivity index (χ2v) is 16.5. The van der Waals surface area contributed by atoms with Crippen molar-refractivity contribution in [3.05, 3.63) is 220 Å². The topological polar surface area (TPSA) is 71.9 Å². The molecule has 1 N–H and O–H groups in total. The van der Waals surface area contributed by atoms with E-state index in [1.54, 1.807) is 0 Å². The van der Waals surface area contributed by atoms with Crippen LogP contribution < -0.4 is 10.9 Å². The number of fused-ring (bicyclic) bond motifs is 9. The van der Waals surface area contributed by atoms with E-state index in [1.807, 2.05) is 77.4 Å². The fraction of sp³-hybridized carbons (Fsp3) is 0.0727. The van der Waals surface area contributed by atoms with Crippen LogP contribution in [-0.2, 0) is 5.41 Å². The molecule has 0 amide bonds. The number of hydrogen-bond donors (Lipinski definition) is 1. The van der Waals surface area contributed by atoms with E-state index in [4.69, 9.17) is 14.4 Å². The summed E-state index contributed by atoms with van der Waals surface area (Å²) in [6.45, 7) is 4.59. The number of nitrogens with one attached hydrogen (secondary N) is 1. The first kappa shape index (κ1) is 35.1. The first-order valence-corrected chi connectivity index (χ1v) is 20.7. The van der Waals surface area contributed by atoms with Gasteiger partial charge in [-0.3, -0.25) is 9.36 Å². The normalized spacial score (nSPS) is 15.4. The molecule has 10 aromatic rings. The fourth-order valence-corrected chi connectivity index (χ4v) is 9.70. The SMILES string of the molecule is CC1(C)c2ccccc2-c2c(C3=NC(c4ccc(-n5c(=O)c6ccccc6c6ccccc65)cc4)NC(c4ccc(-c5cccc6c5oc5ccccc56)cc4)=N3)cccc21. The molecule has 290 valence electrons. The van der Waals surface area contributed by atoms with Gasteiger partial charge in [0.15, 0.2) is 5.84 Å². The highest BCUT2D eigenvalue weighted by Gasteiger charge is 2.37. The third-order valence-electron chi connectivity index (χ3n) is 12.7. The van der Waals surface area contributed by atoms with Crippen LogP contribution in [0.5, 0.6) is 0 Å². The minimum atomic E-state index is -0.453. The van der Waals surface area contributed by atoms with Crippen LogP contribution in [0.25, 0.3) is 71.6 Å². The molecule has 6 nitrogen and oxygen atoms in total. The number of pyridine rings is 1. The molecule has 0 saturated carbocycles. The first-order chi connectivity index (χ1) is 29.9. The third-order valence-corrected chi connectivity index (χ3v) is 12.7. The van der Waals surface area contributed by atoms with E-state index in [9.17, 15) is 4.79 Å². The fourth-order valence-electron chi connectivity index (χ4n) is 9.70. The maximum atomic E-state index is 14.1. The number of furan rings is 1. The van der Waals surface area contributed by atoms with Crippen molar-refractivity contribution in [3.8, 4) is 27.9 Å². The number of aliphatic imine (C=N–C) groups is 2. The zero-order valence-corrected chi connectivity index (χ0v) is 33.6. The maximum absolute atomic E-state index is 14.1. The summed E-state index contributed by atoms with van der Waals surface area (Å²) in [6, 6.07) is 62.3. The van der Waals surface area contributed by atoms with Crippen molar-refractivity contribution < 1.29 is 4.42 Å². The largest absolute Gasteiger partial charge is 0.455 e. The Labute approximate surface area is 351 Å². The van der Waals surface area contributed by atoms with Gasteiger partial charge in [0.25, 0.3) is 5.56 Å². The lowest BCUT2D eigenvalue weighted by molar-refractivity contribution is 0.660. The summed E-state index contributed by atoms with van der Waals surface area (Å²) in [7, 11) is 0. The predicted molar refractivity (Wildman–Crippen MR) is 249 cm³/mol. The van der Waals surface area contributed by atoms with E-state index >= 15 is 0 Å². The standard InChI is InChI=1S/C55H38N4O2/c1-55(2)45-21-8-5-17-43(45)49-44(20-12-22-46(49)55)53-57-51(34-27-25-33(26-28-34)37-18-11-19-41-40-15-7-10-24-48(40)61-50(37)41)56-52(58-53)35-29-31-36(32-30-35)59-47-23-9-6-14-39(47)38-13-3-4-16-42(38)54(59)60/h3-32,52H,1-2H3,(H,56,57,58). The molecule has 1 aliphatic heterocycles. The molecule has 1 aliphatic carbocycles. The Hall–Kier alpha value is -7.83. The zero-order valence-electron chi connectivity index (χ0n) is 33.6. The summed E-state index contributed by atoms with van der Waals surface area (Å²) < 4.78 is 8.22. The molecule has 1 atom stereocenters. The second-order valence-electron chi connectivity index (χ2n) is 16.5. The van der Waals surface area contributed by atoms with Crippen LogP contribution in [0.3, 0.4) is 0 Å². The van der Waals surface area contributed by atoms with Gasteiger partial charge in [-0.05, 0) is 69.1 Å². The first-order valence-electron chi connectivity index (χ1n) is 20.7. The monoisotopic (exact) mass is 786 g/mol. The average Bonchev–Trinajstić information content (AvgIpc) is 3.81. The van der Waals surface area contributed by atoms with Crippen LogP contribution in [-0.4, -0.2) is 16.2 Å². The van der Waals surface area contributed by atoms with E-state index in [1.165, 1.54) is 22.3 Å². The Morgan fingerprint density at radius 3 is 2.02 bits per heavy atom. The van der Waals surface area contributed by atoms with Gasteiger partial charge in [0, 0.05) is 49.3 Å². The average molecular weight is 787 g/mol. The zero-order chi connectivity index (χ0) is 40.8. The van der Waals surface area contributed by atoms with Crippen LogP contribution in [0.1, 0.15) is 47.8 Å². The molecule has 0 saturated heterocycles. The molecule has 0 spiro atoms. The van der Waals surface area contributed by atoms with Gasteiger partial charge in [-0.15, -0.1) is 0 Å². The highest BCUT2D eigenvalue weighted by atomic mass is 16.3. The van der Waals surface area contributed by atoms with Gasteiger partial charge in [-0.2, -0.15) is 0 Å².